The minimum atomic E-state index is -1.68. The number of ether oxygens (including phenoxy) is 4. The van der Waals surface area contributed by atoms with Gasteiger partial charge in [-0.2, -0.15) is 0 Å². The van der Waals surface area contributed by atoms with Gasteiger partial charge in [0, 0.05) is 63.3 Å². The van der Waals surface area contributed by atoms with Crippen molar-refractivity contribution in [1.29, 1.82) is 5.41 Å². The standard InChI is InChI=1S/C63H100N16O16/c1-60(2,92-31-25-62(5,6)94-33-29-68-53(86)44(11-10-28-70-59(66)91)74-50(82)22-24-61(3,4)93-32-26-63(7,8)95-34-30-73-79-67)23-21-49(81)71-38-42-15-13-40(14-16-42)35-46-55(88)76-45(12-9-27-69-58(64)65)54(87)72-39-51(83)75-48(37-52(84)85)57(90)78-47(56(89)77-46)36-41-17-19-43(80)20-18-41/h13-20,44-48,80H,9-12,21-39H2,1-8H3,(H,68,86)(H,71,81)(H,72,87)(H,74,82)(H,75,83)(H,76,88)(H,77,89)(H,78,90)(H,84,85)(H4,64,65,69)(H3,66,70,91)/t44-,45-,46-,47+,48-/m0/s1. The van der Waals surface area contributed by atoms with E-state index in [2.05, 4.69) is 63.2 Å². The second-order valence-corrected chi connectivity index (χ2v) is 25.5. The molecule has 0 saturated carbocycles. The summed E-state index contributed by atoms with van der Waals surface area (Å²) >= 11 is 0. The second-order valence-electron chi connectivity index (χ2n) is 25.5. The molecule has 0 aliphatic carbocycles. The molecule has 0 radical (unpaired) electrons. The molecular formula is C63H100N16O16. The van der Waals surface area contributed by atoms with Gasteiger partial charge in [0.1, 0.15) is 36.0 Å². The molecule has 0 bridgehead atoms. The molecule has 0 aromatic heterocycles. The predicted octanol–water partition coefficient (Wildman–Crippen LogP) is 1.48. The van der Waals surface area contributed by atoms with Gasteiger partial charge in [-0.1, -0.05) is 41.5 Å². The van der Waals surface area contributed by atoms with Crippen LogP contribution in [-0.4, -0.2) is 187 Å². The van der Waals surface area contributed by atoms with Crippen molar-refractivity contribution in [2.24, 2.45) is 16.6 Å². The van der Waals surface area contributed by atoms with Crippen molar-refractivity contribution in [3.8, 4) is 5.75 Å². The summed E-state index contributed by atoms with van der Waals surface area (Å²) in [6.07, 6.45) is 1.52. The lowest BCUT2D eigenvalue weighted by atomic mass is 10.00. The number of carboxylic acids is 1. The number of aliphatic carboxylic acids is 1. The number of azide groups is 1. The molecule has 0 unspecified atom stereocenters. The molecule has 3 rings (SSSR count). The number of hydrogen-bond donors (Lipinski definition) is 15. The van der Waals surface area contributed by atoms with Crippen LogP contribution in [0.15, 0.2) is 53.6 Å². The van der Waals surface area contributed by atoms with E-state index in [1.54, 1.807) is 24.3 Å². The highest BCUT2D eigenvalue weighted by atomic mass is 16.5. The molecule has 95 heavy (non-hydrogen) atoms. The van der Waals surface area contributed by atoms with Crippen LogP contribution < -0.4 is 64.6 Å². The van der Waals surface area contributed by atoms with Crippen LogP contribution in [0.1, 0.15) is 143 Å². The van der Waals surface area contributed by atoms with E-state index < -0.39 is 113 Å². The third kappa shape index (κ3) is 34.8. The first-order chi connectivity index (χ1) is 44.7. The van der Waals surface area contributed by atoms with Gasteiger partial charge in [0.05, 0.1) is 61.8 Å². The van der Waals surface area contributed by atoms with Crippen LogP contribution >= 0.6 is 0 Å². The van der Waals surface area contributed by atoms with Crippen LogP contribution in [0.25, 0.3) is 10.4 Å². The smallest absolute Gasteiger partial charge is 0.312 e. The lowest BCUT2D eigenvalue weighted by Crippen LogP contribution is -2.58. The number of hydrogen-bond acceptors (Lipinski definition) is 17. The van der Waals surface area contributed by atoms with Crippen molar-refractivity contribution < 1.29 is 77.1 Å². The molecular weight excluding hydrogens is 1240 g/mol. The number of carbonyl (C=O) groups is 10. The molecule has 2 aromatic carbocycles. The number of primary amides is 1. The van der Waals surface area contributed by atoms with Gasteiger partial charge < -0.3 is 93.8 Å². The lowest BCUT2D eigenvalue weighted by molar-refractivity contribution is -0.141. The summed E-state index contributed by atoms with van der Waals surface area (Å²) in [6, 6.07) is 5.12. The van der Waals surface area contributed by atoms with E-state index in [9.17, 15) is 58.2 Å². The largest absolute Gasteiger partial charge is 0.508 e. The number of carbonyl (C=O) groups excluding carboxylic acids is 9. The average molecular weight is 1340 g/mol. The van der Waals surface area contributed by atoms with Crippen molar-refractivity contribution in [2.45, 2.75) is 198 Å². The quantitative estimate of drug-likeness (QED) is 0.0112. The number of carboxylic acid groups (broad SMARTS) is 1. The molecule has 0 spiro atoms. The molecule has 5 atom stereocenters. The van der Waals surface area contributed by atoms with Gasteiger partial charge in [0.25, 0.3) is 0 Å². The van der Waals surface area contributed by atoms with Crippen LogP contribution in [0.4, 0.5) is 4.79 Å². The summed E-state index contributed by atoms with van der Waals surface area (Å²) in [7, 11) is 0. The Hall–Kier alpha value is -8.84. The molecule has 1 aliphatic heterocycles. The molecule has 1 fully saturated rings. The van der Waals surface area contributed by atoms with Gasteiger partial charge in [0.15, 0.2) is 5.96 Å². The van der Waals surface area contributed by atoms with E-state index in [0.29, 0.717) is 55.4 Å². The van der Waals surface area contributed by atoms with Crippen molar-refractivity contribution >= 4 is 65.2 Å². The van der Waals surface area contributed by atoms with Crippen molar-refractivity contribution in [3.05, 3.63) is 75.7 Å². The number of urea groups is 1. The number of phenolic OH excluding ortho intramolecular Hbond substituents is 1. The zero-order valence-electron chi connectivity index (χ0n) is 55.9. The first-order valence-corrected chi connectivity index (χ1v) is 31.7. The van der Waals surface area contributed by atoms with Gasteiger partial charge >= 0.3 is 12.0 Å². The summed E-state index contributed by atoms with van der Waals surface area (Å²) < 4.78 is 24.2. The van der Waals surface area contributed by atoms with Crippen LogP contribution in [0, 0.1) is 5.41 Å². The normalized spacial score (nSPS) is 17.1. The Morgan fingerprint density at radius 1 is 0.621 bits per heavy atom. The van der Waals surface area contributed by atoms with Gasteiger partial charge in [0.2, 0.25) is 47.3 Å². The summed E-state index contributed by atoms with van der Waals surface area (Å²) in [4.78, 5) is 134. The van der Waals surface area contributed by atoms with Gasteiger partial charge in [-0.15, -0.1) is 0 Å². The molecule has 528 valence electrons. The third-order valence-corrected chi connectivity index (χ3v) is 15.2. The monoisotopic (exact) mass is 1340 g/mol. The fourth-order valence-electron chi connectivity index (χ4n) is 9.49. The predicted molar refractivity (Wildman–Crippen MR) is 350 cm³/mol. The van der Waals surface area contributed by atoms with Crippen LogP contribution in [0.3, 0.4) is 0 Å². The molecule has 1 aliphatic rings. The maximum absolute atomic E-state index is 14.3. The molecule has 17 N–H and O–H groups in total. The van der Waals surface area contributed by atoms with E-state index >= 15 is 0 Å². The third-order valence-electron chi connectivity index (χ3n) is 15.2. The summed E-state index contributed by atoms with van der Waals surface area (Å²) in [5.41, 5.74) is 18.2. The zero-order valence-corrected chi connectivity index (χ0v) is 55.9. The number of benzene rings is 2. The highest BCUT2D eigenvalue weighted by Crippen LogP contribution is 2.23. The van der Waals surface area contributed by atoms with E-state index in [0.717, 1.165) is 0 Å². The number of guanidine groups is 1. The molecule has 1 saturated heterocycles. The Bertz CT molecular complexity index is 2920. The number of nitrogens with one attached hydrogen (secondary N) is 11. The topological polar surface area (TPSA) is 493 Å². The Morgan fingerprint density at radius 2 is 1.12 bits per heavy atom. The first-order valence-electron chi connectivity index (χ1n) is 31.7. The van der Waals surface area contributed by atoms with Crippen LogP contribution in [-0.2, 0) is 81.5 Å². The maximum atomic E-state index is 14.3. The Kier molecular flexibility index (Phi) is 34.2. The Balaban J connectivity index is 1.58. The van der Waals surface area contributed by atoms with Gasteiger partial charge in [-0.25, -0.2) is 4.79 Å². The lowest BCUT2D eigenvalue weighted by Gasteiger charge is -2.30. The van der Waals surface area contributed by atoms with Crippen molar-refractivity contribution in [1.82, 2.24) is 53.2 Å². The number of aromatic hydroxyl groups is 1. The Labute approximate surface area is 554 Å². The fourth-order valence-corrected chi connectivity index (χ4v) is 9.49. The van der Waals surface area contributed by atoms with E-state index in [-0.39, 0.29) is 121 Å². The SMILES string of the molecule is CC(C)(CCOC(C)(C)CCC(=O)N[C@@H](CCCNC(N)=O)C(=O)NCCOC(C)(C)CCOC(C)(C)CCC(=O)NCc1ccc(C[C@@H]2NC(=O)[C@@H](Cc3ccc(O)cc3)NC(=O)[C@H](CC(=O)O)NC(=O)CNC(=O)[C@H](CCCNC(=N)N)NC2=O)cc1)OCCN=[N+]=[N-]. The molecule has 2 aromatic rings. The first kappa shape index (κ1) is 80.4. The van der Waals surface area contributed by atoms with E-state index in [1.807, 2.05) is 55.4 Å². The molecule has 1 heterocycles. The van der Waals surface area contributed by atoms with Gasteiger partial charge in [-0.05, 0) is 141 Å². The number of phenols is 1. The average Bonchev–Trinajstić information content (AvgIpc) is 1.72. The minimum Gasteiger partial charge on any atom is -0.508 e. The Morgan fingerprint density at radius 3 is 1.66 bits per heavy atom. The van der Waals surface area contributed by atoms with Gasteiger partial charge in [-0.3, -0.25) is 48.6 Å². The van der Waals surface area contributed by atoms with E-state index in [1.165, 1.54) is 24.3 Å². The van der Waals surface area contributed by atoms with Crippen molar-refractivity contribution in [3.63, 3.8) is 0 Å². The summed E-state index contributed by atoms with van der Waals surface area (Å²) in [6.45, 7) is 16.3. The number of nitrogens with two attached hydrogens (primary N) is 2. The highest BCUT2D eigenvalue weighted by Gasteiger charge is 2.34. The second kappa shape index (κ2) is 40.4. The maximum Gasteiger partial charge on any atom is 0.312 e. The van der Waals surface area contributed by atoms with Crippen LogP contribution in [0.2, 0.25) is 0 Å². The molecule has 32 heteroatoms. The summed E-state index contributed by atoms with van der Waals surface area (Å²) in [5, 5.41) is 56.7. The molecule has 32 nitrogen and oxygen atoms in total. The van der Waals surface area contributed by atoms with Crippen molar-refractivity contribution in [2.75, 3.05) is 59.2 Å². The number of amides is 10. The van der Waals surface area contributed by atoms with E-state index in [4.69, 9.17) is 41.4 Å². The molecule has 10 amide bonds. The zero-order chi connectivity index (χ0) is 70.8. The fraction of sp³-hybridized carbons (Fsp3) is 0.635. The highest BCUT2D eigenvalue weighted by molar-refractivity contribution is 5.98. The summed E-state index contributed by atoms with van der Waals surface area (Å²) in [5.74, 6) is -7.34. The number of nitrogens with zero attached hydrogens (tertiary/aromatic N) is 3. The minimum absolute atomic E-state index is 0.0186. The van der Waals surface area contributed by atoms with Crippen LogP contribution in [0.5, 0.6) is 5.75 Å². The number of rotatable bonds is 40.